The number of hydrogen-bond donors (Lipinski definition) is 1. The van der Waals surface area contributed by atoms with Crippen LogP contribution in [0.25, 0.3) is 10.8 Å². The van der Waals surface area contributed by atoms with Gasteiger partial charge in [0.25, 0.3) is 0 Å². The second-order valence-electron chi connectivity index (χ2n) is 5.61. The summed E-state index contributed by atoms with van der Waals surface area (Å²) >= 11 is 0. The monoisotopic (exact) mass is 278 g/mol. The van der Waals surface area contributed by atoms with Gasteiger partial charge < -0.3 is 5.11 Å². The molecule has 0 spiro atoms. The van der Waals surface area contributed by atoms with Crippen LogP contribution >= 0.6 is 0 Å². The van der Waals surface area contributed by atoms with Crippen LogP contribution in [0.4, 0.5) is 4.39 Å². The highest BCUT2D eigenvalue weighted by molar-refractivity contribution is 5.93. The van der Waals surface area contributed by atoms with Gasteiger partial charge >= 0.3 is 0 Å². The van der Waals surface area contributed by atoms with Crippen LogP contribution in [0.5, 0.6) is 0 Å². The van der Waals surface area contributed by atoms with E-state index in [2.05, 4.69) is 18.2 Å². The Balaban J connectivity index is 1.89. The third-order valence-corrected chi connectivity index (χ3v) is 4.39. The molecule has 0 unspecified atom stereocenters. The first kappa shape index (κ1) is 12.5. The number of aliphatic hydroxyl groups is 1. The maximum atomic E-state index is 13.0. The molecule has 0 heterocycles. The molecule has 0 radical (unpaired) electrons. The molecular formula is C19H15FO. The molecule has 4 rings (SSSR count). The Kier molecular flexibility index (Phi) is 2.79. The molecule has 1 N–H and O–H groups in total. The van der Waals surface area contributed by atoms with E-state index < -0.39 is 6.10 Å². The summed E-state index contributed by atoms with van der Waals surface area (Å²) in [5.74, 6) is -0.286. The van der Waals surface area contributed by atoms with Crippen LogP contribution in [0, 0.1) is 5.82 Å². The van der Waals surface area contributed by atoms with Gasteiger partial charge in [0.1, 0.15) is 11.9 Å². The molecule has 0 saturated carbocycles. The molecule has 0 bridgehead atoms. The zero-order valence-electron chi connectivity index (χ0n) is 11.5. The molecule has 1 aliphatic carbocycles. The average Bonchev–Trinajstić information content (AvgIpc) is 2.93. The standard InChI is InChI=1S/C19H15FO/c20-15-9-6-14(7-10-15)19(21)17-11-8-13-5-4-12-2-1-3-16(17)18(12)13/h1-3,6-11,19,21H,4-5H2/t19-/m1/s1. The fourth-order valence-corrected chi connectivity index (χ4v) is 3.33. The Hall–Kier alpha value is -2.19. The van der Waals surface area contributed by atoms with E-state index in [1.54, 1.807) is 12.1 Å². The molecule has 3 aromatic rings. The average molecular weight is 278 g/mol. The first-order chi connectivity index (χ1) is 10.2. The Morgan fingerprint density at radius 1 is 0.857 bits per heavy atom. The fourth-order valence-electron chi connectivity index (χ4n) is 3.33. The minimum Gasteiger partial charge on any atom is -0.384 e. The lowest BCUT2D eigenvalue weighted by atomic mass is 9.93. The first-order valence-electron chi connectivity index (χ1n) is 7.21. The number of hydrogen-bond acceptors (Lipinski definition) is 1. The normalized spacial score (nSPS) is 14.6. The molecule has 0 amide bonds. The van der Waals surface area contributed by atoms with Gasteiger partial charge in [0, 0.05) is 0 Å². The van der Waals surface area contributed by atoms with Crippen molar-refractivity contribution in [1.29, 1.82) is 0 Å². The van der Waals surface area contributed by atoms with Crippen LogP contribution in [0.2, 0.25) is 0 Å². The van der Waals surface area contributed by atoms with Crippen molar-refractivity contribution in [2.24, 2.45) is 0 Å². The fraction of sp³-hybridized carbons (Fsp3) is 0.158. The number of aryl methyl sites for hydroxylation is 2. The van der Waals surface area contributed by atoms with Gasteiger partial charge in [-0.1, -0.05) is 42.5 Å². The van der Waals surface area contributed by atoms with Crippen molar-refractivity contribution in [1.82, 2.24) is 0 Å². The largest absolute Gasteiger partial charge is 0.384 e. The Bertz CT molecular complexity index is 811. The molecule has 0 saturated heterocycles. The van der Waals surface area contributed by atoms with Crippen LogP contribution in [0.15, 0.2) is 54.6 Å². The summed E-state index contributed by atoms with van der Waals surface area (Å²) in [6.45, 7) is 0. The van der Waals surface area contributed by atoms with Gasteiger partial charge in [-0.05, 0) is 58.0 Å². The van der Waals surface area contributed by atoms with Gasteiger partial charge in [-0.25, -0.2) is 4.39 Å². The first-order valence-corrected chi connectivity index (χ1v) is 7.21. The zero-order valence-corrected chi connectivity index (χ0v) is 11.5. The number of halogens is 1. The Labute approximate surface area is 122 Å². The van der Waals surface area contributed by atoms with E-state index in [0.717, 1.165) is 29.4 Å². The van der Waals surface area contributed by atoms with E-state index in [9.17, 15) is 9.50 Å². The van der Waals surface area contributed by atoms with Crippen molar-refractivity contribution in [3.63, 3.8) is 0 Å². The van der Waals surface area contributed by atoms with Crippen molar-refractivity contribution < 1.29 is 9.50 Å². The second-order valence-corrected chi connectivity index (χ2v) is 5.61. The molecule has 21 heavy (non-hydrogen) atoms. The van der Waals surface area contributed by atoms with E-state index in [0.29, 0.717) is 0 Å². The highest BCUT2D eigenvalue weighted by Gasteiger charge is 2.19. The molecule has 2 heteroatoms. The summed E-state index contributed by atoms with van der Waals surface area (Å²) in [4.78, 5) is 0. The quantitative estimate of drug-likeness (QED) is 0.746. The molecule has 0 fully saturated rings. The van der Waals surface area contributed by atoms with Gasteiger partial charge in [-0.15, -0.1) is 0 Å². The zero-order chi connectivity index (χ0) is 14.4. The van der Waals surface area contributed by atoms with Gasteiger partial charge in [-0.3, -0.25) is 0 Å². The lowest BCUT2D eigenvalue weighted by Gasteiger charge is -2.15. The molecule has 0 aromatic heterocycles. The van der Waals surface area contributed by atoms with E-state index >= 15 is 0 Å². The predicted octanol–water partition coefficient (Wildman–Crippen LogP) is 4.16. The number of aliphatic hydroxyl groups excluding tert-OH is 1. The van der Waals surface area contributed by atoms with Crippen molar-refractivity contribution >= 4 is 10.8 Å². The molecule has 1 aliphatic rings. The van der Waals surface area contributed by atoms with E-state index in [4.69, 9.17) is 0 Å². The van der Waals surface area contributed by atoms with Crippen molar-refractivity contribution in [3.8, 4) is 0 Å². The smallest absolute Gasteiger partial charge is 0.123 e. The molecule has 104 valence electrons. The third kappa shape index (κ3) is 1.95. The highest BCUT2D eigenvalue weighted by Crippen LogP contribution is 2.36. The van der Waals surface area contributed by atoms with Crippen LogP contribution < -0.4 is 0 Å². The number of rotatable bonds is 2. The second kappa shape index (κ2) is 4.68. The van der Waals surface area contributed by atoms with Crippen molar-refractivity contribution in [2.75, 3.05) is 0 Å². The summed E-state index contributed by atoms with van der Waals surface area (Å²) in [5.41, 5.74) is 4.32. The van der Waals surface area contributed by atoms with E-state index in [1.165, 1.54) is 28.6 Å². The van der Waals surface area contributed by atoms with Crippen LogP contribution in [0.3, 0.4) is 0 Å². The number of benzene rings is 3. The molecule has 1 atom stereocenters. The Morgan fingerprint density at radius 2 is 1.57 bits per heavy atom. The third-order valence-electron chi connectivity index (χ3n) is 4.39. The molecule has 3 aromatic carbocycles. The summed E-state index contributed by atoms with van der Waals surface area (Å²) in [6.07, 6.45) is 1.42. The maximum Gasteiger partial charge on any atom is 0.123 e. The van der Waals surface area contributed by atoms with Crippen LogP contribution in [-0.4, -0.2) is 5.11 Å². The Morgan fingerprint density at radius 3 is 2.33 bits per heavy atom. The van der Waals surface area contributed by atoms with Gasteiger partial charge in [-0.2, -0.15) is 0 Å². The van der Waals surface area contributed by atoms with Crippen LogP contribution in [-0.2, 0) is 12.8 Å². The van der Waals surface area contributed by atoms with Crippen LogP contribution in [0.1, 0.15) is 28.4 Å². The predicted molar refractivity (Wildman–Crippen MR) is 81.8 cm³/mol. The van der Waals surface area contributed by atoms with E-state index in [-0.39, 0.29) is 5.82 Å². The van der Waals surface area contributed by atoms with Crippen molar-refractivity contribution in [2.45, 2.75) is 18.9 Å². The molecular weight excluding hydrogens is 263 g/mol. The summed E-state index contributed by atoms with van der Waals surface area (Å²) < 4.78 is 13.0. The summed E-state index contributed by atoms with van der Waals surface area (Å²) in [6, 6.07) is 16.4. The van der Waals surface area contributed by atoms with Gasteiger partial charge in [0.2, 0.25) is 0 Å². The molecule has 1 nitrogen and oxygen atoms in total. The van der Waals surface area contributed by atoms with Crippen molar-refractivity contribution in [3.05, 3.63) is 82.7 Å². The van der Waals surface area contributed by atoms with E-state index in [1.807, 2.05) is 12.1 Å². The maximum absolute atomic E-state index is 13.0. The minimum absolute atomic E-state index is 0.286. The topological polar surface area (TPSA) is 20.2 Å². The lowest BCUT2D eigenvalue weighted by Crippen LogP contribution is -2.01. The van der Waals surface area contributed by atoms with Gasteiger partial charge in [0.05, 0.1) is 0 Å². The summed E-state index contributed by atoms with van der Waals surface area (Å²) in [5, 5.41) is 13.1. The molecule has 0 aliphatic heterocycles. The summed E-state index contributed by atoms with van der Waals surface area (Å²) in [7, 11) is 0. The minimum atomic E-state index is -0.726. The SMILES string of the molecule is O[C@H](c1ccc(F)cc1)c1ccc2c3c(cccc13)CC2. The highest BCUT2D eigenvalue weighted by atomic mass is 19.1. The van der Waals surface area contributed by atoms with Gasteiger partial charge in [0.15, 0.2) is 0 Å². The lowest BCUT2D eigenvalue weighted by molar-refractivity contribution is 0.222.